The monoisotopic (exact) mass is 430 g/mol. The van der Waals surface area contributed by atoms with Crippen LogP contribution in [0.15, 0.2) is 53.0 Å². The number of piperazine rings is 1. The summed E-state index contributed by atoms with van der Waals surface area (Å²) in [5.41, 5.74) is 2.03. The Morgan fingerprint density at radius 1 is 1.07 bits per heavy atom. The average Bonchev–Trinajstić information content (AvgIpc) is 2.70. The molecular formula is C22H27BrN2O2. The second kappa shape index (κ2) is 9.90. The summed E-state index contributed by atoms with van der Waals surface area (Å²) in [6.07, 6.45) is 2.13. The van der Waals surface area contributed by atoms with Crippen molar-refractivity contribution >= 4 is 21.8 Å². The number of hydrogen-bond donors (Lipinski definition) is 0. The van der Waals surface area contributed by atoms with Crippen molar-refractivity contribution in [1.29, 1.82) is 0 Å². The van der Waals surface area contributed by atoms with Crippen LogP contribution in [0.4, 0.5) is 0 Å². The minimum absolute atomic E-state index is 0.0927. The minimum atomic E-state index is 0.0927. The molecule has 0 N–H and O–H groups in total. The molecular weight excluding hydrogens is 404 g/mol. The Morgan fingerprint density at radius 3 is 2.48 bits per heavy atom. The fourth-order valence-electron chi connectivity index (χ4n) is 3.21. The molecule has 0 spiro atoms. The molecule has 27 heavy (non-hydrogen) atoms. The molecule has 1 aliphatic heterocycles. The van der Waals surface area contributed by atoms with E-state index in [0.29, 0.717) is 12.2 Å². The average molecular weight is 431 g/mol. The van der Waals surface area contributed by atoms with Crippen LogP contribution in [0.5, 0.6) is 5.75 Å². The van der Waals surface area contributed by atoms with Crippen molar-refractivity contribution < 1.29 is 9.53 Å². The Balaban J connectivity index is 1.53. The SMILES string of the molecule is CCCCOc1ccc(C(=O)N2CCN(Cc3ccccc3)CC2)cc1Br. The van der Waals surface area contributed by atoms with E-state index in [4.69, 9.17) is 4.74 Å². The van der Waals surface area contributed by atoms with Gasteiger partial charge >= 0.3 is 0 Å². The van der Waals surface area contributed by atoms with Crippen LogP contribution in [0.2, 0.25) is 0 Å². The van der Waals surface area contributed by atoms with Crippen molar-refractivity contribution in [3.05, 3.63) is 64.1 Å². The molecule has 2 aromatic carbocycles. The van der Waals surface area contributed by atoms with E-state index in [9.17, 15) is 4.79 Å². The summed E-state index contributed by atoms with van der Waals surface area (Å²) in [6.45, 7) is 7.11. The Kier molecular flexibility index (Phi) is 7.30. The lowest BCUT2D eigenvalue weighted by molar-refractivity contribution is 0.0628. The maximum absolute atomic E-state index is 12.8. The summed E-state index contributed by atoms with van der Waals surface area (Å²) >= 11 is 3.53. The number of carbonyl (C=O) groups is 1. The molecule has 144 valence electrons. The van der Waals surface area contributed by atoms with Crippen molar-refractivity contribution in [2.24, 2.45) is 0 Å². The predicted molar refractivity (Wildman–Crippen MR) is 112 cm³/mol. The highest BCUT2D eigenvalue weighted by Crippen LogP contribution is 2.27. The van der Waals surface area contributed by atoms with E-state index < -0.39 is 0 Å². The number of benzene rings is 2. The van der Waals surface area contributed by atoms with Gasteiger partial charge in [0.2, 0.25) is 0 Å². The van der Waals surface area contributed by atoms with Crippen molar-refractivity contribution in [2.75, 3.05) is 32.8 Å². The van der Waals surface area contributed by atoms with Crippen molar-refractivity contribution in [2.45, 2.75) is 26.3 Å². The summed E-state index contributed by atoms with van der Waals surface area (Å²) in [5, 5.41) is 0. The van der Waals surface area contributed by atoms with Gasteiger partial charge in [0.15, 0.2) is 0 Å². The molecule has 1 saturated heterocycles. The predicted octanol–water partition coefficient (Wildman–Crippen LogP) is 4.59. The van der Waals surface area contributed by atoms with Crippen LogP contribution in [0.3, 0.4) is 0 Å². The number of hydrogen-bond acceptors (Lipinski definition) is 3. The highest BCUT2D eigenvalue weighted by Gasteiger charge is 2.22. The first-order valence-electron chi connectivity index (χ1n) is 9.65. The van der Waals surface area contributed by atoms with Gasteiger partial charge in [-0.2, -0.15) is 0 Å². The molecule has 5 heteroatoms. The van der Waals surface area contributed by atoms with Crippen molar-refractivity contribution in [3.8, 4) is 5.75 Å². The summed E-state index contributed by atoms with van der Waals surface area (Å²) < 4.78 is 6.59. The third kappa shape index (κ3) is 5.56. The quantitative estimate of drug-likeness (QED) is 0.602. The standard InChI is InChI=1S/C22H27BrN2O2/c1-2-3-15-27-21-10-9-19(16-20(21)23)22(26)25-13-11-24(12-14-25)17-18-7-5-4-6-8-18/h4-10,16H,2-3,11-15,17H2,1H3. The number of unbranched alkanes of at least 4 members (excludes halogenated alkanes) is 1. The fourth-order valence-corrected chi connectivity index (χ4v) is 3.70. The Morgan fingerprint density at radius 2 is 1.81 bits per heavy atom. The molecule has 0 bridgehead atoms. The van der Waals surface area contributed by atoms with Crippen LogP contribution in [0.25, 0.3) is 0 Å². The first kappa shape index (κ1) is 19.9. The van der Waals surface area contributed by atoms with Gasteiger partial charge in [-0.25, -0.2) is 0 Å². The van der Waals surface area contributed by atoms with E-state index >= 15 is 0 Å². The molecule has 0 saturated carbocycles. The first-order valence-corrected chi connectivity index (χ1v) is 10.4. The van der Waals surface area contributed by atoms with Crippen LogP contribution in [0, 0.1) is 0 Å². The van der Waals surface area contributed by atoms with Gasteiger partial charge < -0.3 is 9.64 Å². The Hall–Kier alpha value is -1.85. The smallest absolute Gasteiger partial charge is 0.253 e. The zero-order valence-corrected chi connectivity index (χ0v) is 17.5. The third-order valence-electron chi connectivity index (χ3n) is 4.84. The molecule has 0 atom stereocenters. The van der Waals surface area contributed by atoms with Gasteiger partial charge in [-0.1, -0.05) is 43.7 Å². The molecule has 0 unspecified atom stereocenters. The maximum atomic E-state index is 12.8. The normalized spacial score (nSPS) is 15.0. The number of halogens is 1. The molecule has 3 rings (SSSR count). The van der Waals surface area contributed by atoms with E-state index in [1.54, 1.807) is 0 Å². The lowest BCUT2D eigenvalue weighted by Crippen LogP contribution is -2.48. The number of ether oxygens (including phenoxy) is 1. The van der Waals surface area contributed by atoms with Gasteiger partial charge in [0, 0.05) is 38.3 Å². The largest absolute Gasteiger partial charge is 0.492 e. The van der Waals surface area contributed by atoms with Crippen molar-refractivity contribution in [1.82, 2.24) is 9.80 Å². The van der Waals surface area contributed by atoms with Crippen LogP contribution in [-0.4, -0.2) is 48.5 Å². The van der Waals surface area contributed by atoms with Gasteiger partial charge in [-0.15, -0.1) is 0 Å². The van der Waals surface area contributed by atoms with Gasteiger partial charge in [-0.05, 0) is 46.1 Å². The molecule has 1 heterocycles. The summed E-state index contributed by atoms with van der Waals surface area (Å²) in [6, 6.07) is 16.1. The minimum Gasteiger partial charge on any atom is -0.492 e. The number of nitrogens with zero attached hydrogens (tertiary/aromatic N) is 2. The summed E-state index contributed by atoms with van der Waals surface area (Å²) in [5.74, 6) is 0.892. The van der Waals surface area contributed by atoms with E-state index in [0.717, 1.165) is 55.8 Å². The zero-order chi connectivity index (χ0) is 19.1. The first-order chi connectivity index (χ1) is 13.2. The van der Waals surface area contributed by atoms with Crippen molar-refractivity contribution in [3.63, 3.8) is 0 Å². The molecule has 2 aromatic rings. The van der Waals surface area contributed by atoms with Crippen LogP contribution < -0.4 is 4.74 Å². The number of carbonyl (C=O) groups excluding carboxylic acids is 1. The molecule has 0 aromatic heterocycles. The second-order valence-corrected chi connectivity index (χ2v) is 7.76. The zero-order valence-electron chi connectivity index (χ0n) is 15.9. The van der Waals surface area contributed by atoms with Gasteiger partial charge in [0.1, 0.15) is 5.75 Å². The van der Waals surface area contributed by atoms with Crippen LogP contribution in [0.1, 0.15) is 35.7 Å². The molecule has 0 aliphatic carbocycles. The number of rotatable bonds is 7. The topological polar surface area (TPSA) is 32.8 Å². The molecule has 1 fully saturated rings. The van der Waals surface area contributed by atoms with Crippen LogP contribution in [-0.2, 0) is 6.54 Å². The lowest BCUT2D eigenvalue weighted by atomic mass is 10.1. The molecule has 4 nitrogen and oxygen atoms in total. The van der Waals surface area contributed by atoms with Gasteiger partial charge in [0.25, 0.3) is 5.91 Å². The molecule has 1 aliphatic rings. The number of amides is 1. The highest BCUT2D eigenvalue weighted by atomic mass is 79.9. The Bertz CT molecular complexity index is 743. The molecule has 1 amide bonds. The van der Waals surface area contributed by atoms with E-state index in [1.165, 1.54) is 5.56 Å². The fraction of sp³-hybridized carbons (Fsp3) is 0.409. The highest BCUT2D eigenvalue weighted by molar-refractivity contribution is 9.10. The summed E-state index contributed by atoms with van der Waals surface area (Å²) in [7, 11) is 0. The van der Waals surface area contributed by atoms with E-state index in [2.05, 4.69) is 52.0 Å². The second-order valence-electron chi connectivity index (χ2n) is 6.90. The molecule has 0 radical (unpaired) electrons. The lowest BCUT2D eigenvalue weighted by Gasteiger charge is -2.34. The van der Waals surface area contributed by atoms with Crippen LogP contribution >= 0.6 is 15.9 Å². The van der Waals surface area contributed by atoms with Gasteiger partial charge in [0.05, 0.1) is 11.1 Å². The maximum Gasteiger partial charge on any atom is 0.253 e. The van der Waals surface area contributed by atoms with E-state index in [1.807, 2.05) is 29.2 Å². The Labute approximate surface area is 170 Å². The van der Waals surface area contributed by atoms with Gasteiger partial charge in [-0.3, -0.25) is 9.69 Å². The third-order valence-corrected chi connectivity index (χ3v) is 5.46. The van der Waals surface area contributed by atoms with E-state index in [-0.39, 0.29) is 5.91 Å². The summed E-state index contributed by atoms with van der Waals surface area (Å²) in [4.78, 5) is 17.2.